The molecule has 31 heavy (non-hydrogen) atoms. The molecule has 1 fully saturated rings. The van der Waals surface area contributed by atoms with Gasteiger partial charge in [0.2, 0.25) is 0 Å². The molecule has 7 heteroatoms. The normalized spacial score (nSPS) is 15.0. The number of hydrogen-bond donors (Lipinski definition) is 0. The molecule has 0 bridgehead atoms. The lowest BCUT2D eigenvalue weighted by Gasteiger charge is -2.22. The van der Waals surface area contributed by atoms with Crippen molar-refractivity contribution in [2.45, 2.75) is 26.5 Å². The Morgan fingerprint density at radius 1 is 1.06 bits per heavy atom. The Kier molecular flexibility index (Phi) is 7.22. The topological polar surface area (TPSA) is 45.7 Å². The van der Waals surface area contributed by atoms with Crippen LogP contribution in [0.4, 0.5) is 0 Å². The fraction of sp³-hybridized carbons (Fsp3) is 0.333. The maximum atomic E-state index is 13.0. The molecule has 162 valence electrons. The molecular weight excluding hydrogens is 430 g/mol. The number of nitrogens with zero attached hydrogens (tertiary/aromatic N) is 3. The average molecular weight is 456 g/mol. The van der Waals surface area contributed by atoms with Gasteiger partial charge in [-0.3, -0.25) is 9.69 Å². The summed E-state index contributed by atoms with van der Waals surface area (Å²) in [6.07, 6.45) is 0.966. The minimum absolute atomic E-state index is 0.0787. The van der Waals surface area contributed by atoms with E-state index in [-0.39, 0.29) is 5.91 Å². The number of halogens is 1. The summed E-state index contributed by atoms with van der Waals surface area (Å²) in [6, 6.07) is 15.4. The smallest absolute Gasteiger partial charge is 0.253 e. The molecule has 2 aromatic carbocycles. The van der Waals surface area contributed by atoms with Crippen molar-refractivity contribution in [1.29, 1.82) is 0 Å². The SMILES string of the molecule is Cc1nc(COc2ccc(C(=O)N3CCCN(Cc4ccc(Cl)cc4)CC3)cc2)cs1. The number of hydrogen-bond acceptors (Lipinski definition) is 5. The van der Waals surface area contributed by atoms with Gasteiger partial charge in [-0.1, -0.05) is 23.7 Å². The van der Waals surface area contributed by atoms with Crippen molar-refractivity contribution >= 4 is 28.8 Å². The number of carbonyl (C=O) groups excluding carboxylic acids is 1. The van der Waals surface area contributed by atoms with Crippen LogP contribution in [0.1, 0.15) is 33.0 Å². The predicted molar refractivity (Wildman–Crippen MR) is 125 cm³/mol. The third-order valence-corrected chi connectivity index (χ3v) is 6.42. The molecule has 1 saturated heterocycles. The van der Waals surface area contributed by atoms with E-state index in [2.05, 4.69) is 22.0 Å². The van der Waals surface area contributed by atoms with Gasteiger partial charge in [0, 0.05) is 48.7 Å². The molecule has 0 unspecified atom stereocenters. The minimum atomic E-state index is 0.0787. The van der Waals surface area contributed by atoms with Crippen LogP contribution in [0, 0.1) is 6.92 Å². The van der Waals surface area contributed by atoms with Gasteiger partial charge in [0.1, 0.15) is 12.4 Å². The van der Waals surface area contributed by atoms with Gasteiger partial charge in [-0.05, 0) is 55.3 Å². The Hall–Kier alpha value is -2.41. The highest BCUT2D eigenvalue weighted by Gasteiger charge is 2.20. The first-order valence-corrected chi connectivity index (χ1v) is 11.7. The van der Waals surface area contributed by atoms with Crippen molar-refractivity contribution in [2.75, 3.05) is 26.2 Å². The van der Waals surface area contributed by atoms with Gasteiger partial charge in [0.15, 0.2) is 0 Å². The van der Waals surface area contributed by atoms with Crippen LogP contribution < -0.4 is 4.74 Å². The van der Waals surface area contributed by atoms with Crippen molar-refractivity contribution in [3.8, 4) is 5.75 Å². The molecule has 1 amide bonds. The molecule has 0 atom stereocenters. The number of carbonyl (C=O) groups is 1. The van der Waals surface area contributed by atoms with Crippen molar-refractivity contribution in [3.05, 3.63) is 80.8 Å². The van der Waals surface area contributed by atoms with E-state index < -0.39 is 0 Å². The lowest BCUT2D eigenvalue weighted by atomic mass is 10.2. The zero-order valence-corrected chi connectivity index (χ0v) is 19.2. The molecular formula is C24H26ClN3O2S. The Bertz CT molecular complexity index is 1000. The predicted octanol–water partition coefficient (Wildman–Crippen LogP) is 5.03. The molecule has 4 rings (SSSR count). The van der Waals surface area contributed by atoms with E-state index in [9.17, 15) is 4.79 Å². The highest BCUT2D eigenvalue weighted by atomic mass is 35.5. The third-order valence-electron chi connectivity index (χ3n) is 5.35. The summed E-state index contributed by atoms with van der Waals surface area (Å²) in [4.78, 5) is 21.7. The van der Waals surface area contributed by atoms with Crippen molar-refractivity contribution in [3.63, 3.8) is 0 Å². The van der Waals surface area contributed by atoms with Crippen LogP contribution in [0.25, 0.3) is 0 Å². The van der Waals surface area contributed by atoms with Gasteiger partial charge in [-0.15, -0.1) is 11.3 Å². The number of aryl methyl sites for hydroxylation is 1. The van der Waals surface area contributed by atoms with Gasteiger partial charge in [-0.2, -0.15) is 0 Å². The van der Waals surface area contributed by atoms with Crippen LogP contribution in [-0.4, -0.2) is 46.9 Å². The number of ether oxygens (including phenoxy) is 1. The number of aromatic nitrogens is 1. The summed E-state index contributed by atoms with van der Waals surface area (Å²) in [6.45, 7) is 6.65. The summed E-state index contributed by atoms with van der Waals surface area (Å²) in [7, 11) is 0. The highest BCUT2D eigenvalue weighted by Crippen LogP contribution is 2.18. The van der Waals surface area contributed by atoms with Crippen LogP contribution in [0.2, 0.25) is 5.02 Å². The number of thiazole rings is 1. The summed E-state index contributed by atoms with van der Waals surface area (Å²) in [5.41, 5.74) is 2.87. The van der Waals surface area contributed by atoms with E-state index >= 15 is 0 Å². The van der Waals surface area contributed by atoms with Gasteiger partial charge in [-0.25, -0.2) is 4.98 Å². The van der Waals surface area contributed by atoms with E-state index in [0.717, 1.165) is 60.6 Å². The molecule has 5 nitrogen and oxygen atoms in total. The molecule has 3 aromatic rings. The van der Waals surface area contributed by atoms with E-state index in [1.54, 1.807) is 11.3 Å². The van der Waals surface area contributed by atoms with Gasteiger partial charge in [0.25, 0.3) is 5.91 Å². The Morgan fingerprint density at radius 3 is 2.55 bits per heavy atom. The average Bonchev–Trinajstić information content (AvgIpc) is 3.06. The second-order valence-corrected chi connectivity index (χ2v) is 9.22. The monoisotopic (exact) mass is 455 g/mol. The van der Waals surface area contributed by atoms with Crippen molar-refractivity contribution < 1.29 is 9.53 Å². The zero-order valence-electron chi connectivity index (χ0n) is 17.6. The molecule has 2 heterocycles. The Balaban J connectivity index is 1.29. The Labute approximate surface area is 192 Å². The van der Waals surface area contributed by atoms with E-state index in [1.165, 1.54) is 5.56 Å². The molecule has 0 spiro atoms. The molecule has 0 aliphatic carbocycles. The van der Waals surface area contributed by atoms with Crippen molar-refractivity contribution in [2.24, 2.45) is 0 Å². The molecule has 0 saturated carbocycles. The standard InChI is InChI=1S/C24H26ClN3O2S/c1-18-26-22(17-31-18)16-30-23-9-5-20(6-10-23)24(29)28-12-2-11-27(13-14-28)15-19-3-7-21(25)8-4-19/h3-10,17H,2,11-16H2,1H3. The zero-order chi connectivity index (χ0) is 21.6. The molecule has 0 radical (unpaired) electrons. The summed E-state index contributed by atoms with van der Waals surface area (Å²) >= 11 is 7.60. The van der Waals surface area contributed by atoms with E-state index in [1.807, 2.05) is 53.6 Å². The first-order chi connectivity index (χ1) is 15.1. The largest absolute Gasteiger partial charge is 0.487 e. The fourth-order valence-electron chi connectivity index (χ4n) is 3.69. The summed E-state index contributed by atoms with van der Waals surface area (Å²) in [5.74, 6) is 0.822. The lowest BCUT2D eigenvalue weighted by molar-refractivity contribution is 0.0761. The van der Waals surface area contributed by atoms with E-state index in [0.29, 0.717) is 12.2 Å². The molecule has 1 aliphatic rings. The first-order valence-electron chi connectivity index (χ1n) is 10.5. The van der Waals surface area contributed by atoms with Gasteiger partial charge in [0.05, 0.1) is 10.7 Å². The quantitative estimate of drug-likeness (QED) is 0.522. The maximum absolute atomic E-state index is 13.0. The van der Waals surface area contributed by atoms with Crippen LogP contribution in [0.15, 0.2) is 53.9 Å². The summed E-state index contributed by atoms with van der Waals surface area (Å²) in [5, 5.41) is 3.79. The molecule has 0 N–H and O–H groups in total. The number of benzene rings is 2. The second-order valence-electron chi connectivity index (χ2n) is 7.72. The number of rotatable bonds is 6. The van der Waals surface area contributed by atoms with Gasteiger partial charge < -0.3 is 9.64 Å². The second kappa shape index (κ2) is 10.3. The fourth-order valence-corrected chi connectivity index (χ4v) is 4.41. The number of amides is 1. The molecule has 1 aromatic heterocycles. The maximum Gasteiger partial charge on any atom is 0.253 e. The van der Waals surface area contributed by atoms with Crippen LogP contribution in [0.3, 0.4) is 0 Å². The van der Waals surface area contributed by atoms with E-state index in [4.69, 9.17) is 16.3 Å². The van der Waals surface area contributed by atoms with Crippen LogP contribution in [0.5, 0.6) is 5.75 Å². The first kappa shape index (κ1) is 21.8. The third kappa shape index (κ3) is 6.06. The summed E-state index contributed by atoms with van der Waals surface area (Å²) < 4.78 is 5.79. The van der Waals surface area contributed by atoms with Crippen LogP contribution >= 0.6 is 22.9 Å². The lowest BCUT2D eigenvalue weighted by Crippen LogP contribution is -2.35. The molecule has 1 aliphatic heterocycles. The minimum Gasteiger partial charge on any atom is -0.487 e. The Morgan fingerprint density at radius 2 is 1.84 bits per heavy atom. The van der Waals surface area contributed by atoms with Gasteiger partial charge >= 0.3 is 0 Å². The van der Waals surface area contributed by atoms with Crippen LogP contribution in [-0.2, 0) is 13.2 Å². The highest BCUT2D eigenvalue weighted by molar-refractivity contribution is 7.09. The van der Waals surface area contributed by atoms with Crippen molar-refractivity contribution in [1.82, 2.24) is 14.8 Å².